The molecular formula is C17H17BrN2O2. The van der Waals surface area contributed by atoms with Crippen molar-refractivity contribution in [2.75, 3.05) is 0 Å². The molecule has 1 unspecified atom stereocenters. The summed E-state index contributed by atoms with van der Waals surface area (Å²) in [5, 5.41) is 13.9. The van der Waals surface area contributed by atoms with Gasteiger partial charge in [0.05, 0.1) is 12.3 Å². The van der Waals surface area contributed by atoms with Gasteiger partial charge in [0.1, 0.15) is 0 Å². The van der Waals surface area contributed by atoms with E-state index in [4.69, 9.17) is 0 Å². The second-order valence-corrected chi connectivity index (χ2v) is 5.73. The lowest BCUT2D eigenvalue weighted by atomic mass is 10.1. The number of hydrazone groups is 1. The summed E-state index contributed by atoms with van der Waals surface area (Å²) in [4.78, 5) is 11.7. The third kappa shape index (κ3) is 5.42. The molecule has 0 fully saturated rings. The van der Waals surface area contributed by atoms with E-state index >= 15 is 0 Å². The third-order valence-corrected chi connectivity index (χ3v) is 3.57. The Morgan fingerprint density at radius 1 is 1.23 bits per heavy atom. The SMILES string of the molecule is O=C(CCC(O)c1ccccc1)N/N=C/c1cccc(Br)c1. The largest absolute Gasteiger partial charge is 0.388 e. The molecule has 0 aliphatic rings. The number of hydrogen-bond acceptors (Lipinski definition) is 3. The van der Waals surface area contributed by atoms with Crippen molar-refractivity contribution in [2.45, 2.75) is 18.9 Å². The molecule has 2 rings (SSSR count). The van der Waals surface area contributed by atoms with Crippen LogP contribution in [-0.2, 0) is 4.79 Å². The van der Waals surface area contributed by atoms with E-state index in [2.05, 4.69) is 26.5 Å². The number of rotatable bonds is 6. The number of nitrogens with one attached hydrogen (secondary N) is 1. The molecule has 0 aliphatic heterocycles. The van der Waals surface area contributed by atoms with Gasteiger partial charge in [-0.05, 0) is 29.7 Å². The fourth-order valence-corrected chi connectivity index (χ4v) is 2.35. The zero-order valence-corrected chi connectivity index (χ0v) is 13.5. The molecule has 0 spiro atoms. The van der Waals surface area contributed by atoms with Crippen LogP contribution in [0.1, 0.15) is 30.1 Å². The van der Waals surface area contributed by atoms with Crippen molar-refractivity contribution in [2.24, 2.45) is 5.10 Å². The highest BCUT2D eigenvalue weighted by molar-refractivity contribution is 9.10. The summed E-state index contributed by atoms with van der Waals surface area (Å²) in [5.41, 5.74) is 4.16. The van der Waals surface area contributed by atoms with Crippen molar-refractivity contribution < 1.29 is 9.90 Å². The third-order valence-electron chi connectivity index (χ3n) is 3.08. The molecule has 2 aromatic rings. The van der Waals surface area contributed by atoms with Gasteiger partial charge in [0.25, 0.3) is 0 Å². The van der Waals surface area contributed by atoms with Crippen LogP contribution in [0.4, 0.5) is 0 Å². The molecule has 0 heterocycles. The molecule has 1 atom stereocenters. The van der Waals surface area contributed by atoms with Crippen LogP contribution in [0.25, 0.3) is 0 Å². The molecule has 2 N–H and O–H groups in total. The van der Waals surface area contributed by atoms with E-state index in [1.807, 2.05) is 54.6 Å². The zero-order chi connectivity index (χ0) is 15.8. The minimum atomic E-state index is -0.638. The molecule has 22 heavy (non-hydrogen) atoms. The maximum atomic E-state index is 11.7. The first-order valence-corrected chi connectivity index (χ1v) is 7.75. The Morgan fingerprint density at radius 2 is 2.00 bits per heavy atom. The molecular weight excluding hydrogens is 344 g/mol. The predicted octanol–water partition coefficient (Wildman–Crippen LogP) is 3.41. The van der Waals surface area contributed by atoms with Crippen LogP contribution in [0, 0.1) is 0 Å². The quantitative estimate of drug-likeness (QED) is 0.612. The van der Waals surface area contributed by atoms with Gasteiger partial charge in [-0.25, -0.2) is 5.43 Å². The number of amides is 1. The standard InChI is InChI=1S/C17H17BrN2O2/c18-15-8-4-5-13(11-15)12-19-20-17(22)10-9-16(21)14-6-2-1-3-7-14/h1-8,11-12,16,21H,9-10H2,(H,20,22)/b19-12+. The lowest BCUT2D eigenvalue weighted by molar-refractivity contribution is -0.121. The van der Waals surface area contributed by atoms with Gasteiger partial charge in [-0.3, -0.25) is 4.79 Å². The molecule has 114 valence electrons. The molecule has 0 saturated carbocycles. The van der Waals surface area contributed by atoms with Crippen molar-refractivity contribution in [3.63, 3.8) is 0 Å². The van der Waals surface area contributed by atoms with Crippen LogP contribution >= 0.6 is 15.9 Å². The molecule has 2 aromatic carbocycles. The van der Waals surface area contributed by atoms with Crippen LogP contribution in [0.5, 0.6) is 0 Å². The van der Waals surface area contributed by atoms with E-state index in [0.717, 1.165) is 15.6 Å². The Bertz CT molecular complexity index is 644. The van der Waals surface area contributed by atoms with Crippen molar-refractivity contribution in [3.8, 4) is 0 Å². The average Bonchev–Trinajstić information content (AvgIpc) is 2.53. The lowest BCUT2D eigenvalue weighted by Gasteiger charge is -2.09. The maximum Gasteiger partial charge on any atom is 0.240 e. The summed E-state index contributed by atoms with van der Waals surface area (Å²) in [7, 11) is 0. The topological polar surface area (TPSA) is 61.7 Å². The highest BCUT2D eigenvalue weighted by Gasteiger charge is 2.09. The van der Waals surface area contributed by atoms with Gasteiger partial charge in [-0.1, -0.05) is 58.4 Å². The zero-order valence-electron chi connectivity index (χ0n) is 11.9. The predicted molar refractivity (Wildman–Crippen MR) is 90.5 cm³/mol. The van der Waals surface area contributed by atoms with Crippen LogP contribution in [0.15, 0.2) is 64.2 Å². The monoisotopic (exact) mass is 360 g/mol. The van der Waals surface area contributed by atoms with E-state index < -0.39 is 6.10 Å². The molecule has 1 amide bonds. The fraction of sp³-hybridized carbons (Fsp3) is 0.176. The van der Waals surface area contributed by atoms with Gasteiger partial charge in [0, 0.05) is 10.9 Å². The van der Waals surface area contributed by atoms with E-state index in [1.165, 1.54) is 0 Å². The Balaban J connectivity index is 1.76. The number of halogens is 1. The smallest absolute Gasteiger partial charge is 0.240 e. The average molecular weight is 361 g/mol. The van der Waals surface area contributed by atoms with Gasteiger partial charge in [-0.15, -0.1) is 0 Å². The summed E-state index contributed by atoms with van der Waals surface area (Å²) in [6.07, 6.45) is 1.52. The van der Waals surface area contributed by atoms with E-state index in [1.54, 1.807) is 6.21 Å². The summed E-state index contributed by atoms with van der Waals surface area (Å²) < 4.78 is 0.953. The van der Waals surface area contributed by atoms with Gasteiger partial charge in [-0.2, -0.15) is 5.10 Å². The fourth-order valence-electron chi connectivity index (χ4n) is 1.93. The maximum absolute atomic E-state index is 11.7. The van der Waals surface area contributed by atoms with E-state index in [0.29, 0.717) is 6.42 Å². The Morgan fingerprint density at radius 3 is 2.73 bits per heavy atom. The number of carbonyl (C=O) groups excluding carboxylic acids is 1. The summed E-state index contributed by atoms with van der Waals surface area (Å²) in [6.45, 7) is 0. The van der Waals surface area contributed by atoms with E-state index in [-0.39, 0.29) is 12.3 Å². The van der Waals surface area contributed by atoms with Gasteiger partial charge in [0.2, 0.25) is 5.91 Å². The van der Waals surface area contributed by atoms with Crippen LogP contribution in [0.2, 0.25) is 0 Å². The van der Waals surface area contributed by atoms with Crippen molar-refractivity contribution in [1.29, 1.82) is 0 Å². The number of carbonyl (C=O) groups is 1. The number of aliphatic hydroxyl groups excluding tert-OH is 1. The summed E-state index contributed by atoms with van der Waals surface area (Å²) in [5.74, 6) is -0.221. The molecule has 0 aliphatic carbocycles. The first-order valence-electron chi connectivity index (χ1n) is 6.95. The molecule has 0 bridgehead atoms. The van der Waals surface area contributed by atoms with Crippen LogP contribution in [0.3, 0.4) is 0 Å². The molecule has 0 saturated heterocycles. The van der Waals surface area contributed by atoms with Crippen LogP contribution < -0.4 is 5.43 Å². The van der Waals surface area contributed by atoms with Crippen LogP contribution in [-0.4, -0.2) is 17.2 Å². The molecule has 0 radical (unpaired) electrons. The Labute approximate surface area is 138 Å². The van der Waals surface area contributed by atoms with Crippen molar-refractivity contribution in [1.82, 2.24) is 5.43 Å². The Kier molecular flexibility index (Phi) is 6.30. The lowest BCUT2D eigenvalue weighted by Crippen LogP contribution is -2.18. The molecule has 4 nitrogen and oxygen atoms in total. The minimum Gasteiger partial charge on any atom is -0.388 e. The highest BCUT2D eigenvalue weighted by Crippen LogP contribution is 2.17. The molecule has 5 heteroatoms. The normalized spacial score (nSPS) is 12.3. The van der Waals surface area contributed by atoms with Gasteiger partial charge < -0.3 is 5.11 Å². The first kappa shape index (κ1) is 16.4. The van der Waals surface area contributed by atoms with Crippen molar-refractivity contribution in [3.05, 3.63) is 70.2 Å². The summed E-state index contributed by atoms with van der Waals surface area (Å²) >= 11 is 3.37. The minimum absolute atomic E-state index is 0.214. The second kappa shape index (κ2) is 8.46. The highest BCUT2D eigenvalue weighted by atomic mass is 79.9. The second-order valence-electron chi connectivity index (χ2n) is 4.81. The number of hydrogen-bond donors (Lipinski definition) is 2. The van der Waals surface area contributed by atoms with E-state index in [9.17, 15) is 9.90 Å². The number of benzene rings is 2. The Hall–Kier alpha value is -1.98. The first-order chi connectivity index (χ1) is 10.6. The van der Waals surface area contributed by atoms with Crippen molar-refractivity contribution >= 4 is 28.1 Å². The number of nitrogens with zero attached hydrogens (tertiary/aromatic N) is 1. The number of aliphatic hydroxyl groups is 1. The van der Waals surface area contributed by atoms with Gasteiger partial charge >= 0.3 is 0 Å². The molecule has 0 aromatic heterocycles. The summed E-state index contributed by atoms with van der Waals surface area (Å²) in [6, 6.07) is 16.9. The van der Waals surface area contributed by atoms with Gasteiger partial charge in [0.15, 0.2) is 0 Å².